The summed E-state index contributed by atoms with van der Waals surface area (Å²) >= 11 is 5.81. The van der Waals surface area contributed by atoms with Crippen molar-refractivity contribution in [1.82, 2.24) is 10.6 Å². The smallest absolute Gasteiger partial charge is 0.251 e. The van der Waals surface area contributed by atoms with Crippen molar-refractivity contribution in [1.29, 1.82) is 0 Å². The van der Waals surface area contributed by atoms with Crippen LogP contribution in [0.5, 0.6) is 0 Å². The number of carbonyl (C=O) groups is 3. The van der Waals surface area contributed by atoms with Gasteiger partial charge in [0, 0.05) is 35.2 Å². The first-order valence-electron chi connectivity index (χ1n) is 10.2. The number of hydrogen-bond acceptors (Lipinski definition) is 3. The molecule has 0 aromatic heterocycles. The average Bonchev–Trinajstić information content (AvgIpc) is 3.57. The minimum absolute atomic E-state index is 0.0747. The van der Waals surface area contributed by atoms with E-state index in [1.165, 1.54) is 0 Å². The molecule has 158 valence electrons. The number of hydrogen-bond donors (Lipinski definition) is 3. The van der Waals surface area contributed by atoms with Crippen LogP contribution >= 0.6 is 11.6 Å². The van der Waals surface area contributed by atoms with Crippen molar-refractivity contribution in [3.05, 3.63) is 64.7 Å². The molecule has 3 amide bonds. The van der Waals surface area contributed by atoms with Gasteiger partial charge in [-0.1, -0.05) is 23.7 Å². The number of anilines is 1. The highest BCUT2D eigenvalue weighted by molar-refractivity contribution is 6.30. The molecule has 0 saturated heterocycles. The molecule has 0 heterocycles. The van der Waals surface area contributed by atoms with E-state index in [1.807, 2.05) is 31.2 Å². The fraction of sp³-hybridized carbons (Fsp3) is 0.348. The van der Waals surface area contributed by atoms with E-state index < -0.39 is 0 Å². The molecule has 2 aromatic rings. The number of amides is 3. The highest BCUT2D eigenvalue weighted by Gasteiger charge is 2.29. The van der Waals surface area contributed by atoms with Crippen molar-refractivity contribution in [2.45, 2.75) is 38.6 Å². The Hall–Kier alpha value is -2.86. The molecule has 3 N–H and O–H groups in total. The van der Waals surface area contributed by atoms with Gasteiger partial charge < -0.3 is 16.0 Å². The largest absolute Gasteiger partial charge is 0.352 e. The number of carbonyl (C=O) groups excluding carboxylic acids is 3. The Bertz CT molecular complexity index is 893. The summed E-state index contributed by atoms with van der Waals surface area (Å²) < 4.78 is 0. The van der Waals surface area contributed by atoms with Crippen molar-refractivity contribution in [2.24, 2.45) is 5.92 Å². The minimum Gasteiger partial charge on any atom is -0.352 e. The Kier molecular flexibility index (Phi) is 7.46. The summed E-state index contributed by atoms with van der Waals surface area (Å²) in [6.45, 7) is 2.33. The van der Waals surface area contributed by atoms with E-state index in [2.05, 4.69) is 16.0 Å². The molecular weight excluding hydrogens is 402 g/mol. The third-order valence-corrected chi connectivity index (χ3v) is 5.23. The molecule has 7 heteroatoms. The van der Waals surface area contributed by atoms with E-state index in [0.717, 1.165) is 24.1 Å². The Morgan fingerprint density at radius 2 is 1.70 bits per heavy atom. The van der Waals surface area contributed by atoms with Crippen molar-refractivity contribution < 1.29 is 14.4 Å². The Morgan fingerprint density at radius 1 is 1.03 bits per heavy atom. The van der Waals surface area contributed by atoms with Crippen LogP contribution in [-0.4, -0.2) is 24.3 Å². The van der Waals surface area contributed by atoms with Crippen LogP contribution in [0.25, 0.3) is 0 Å². The predicted octanol–water partition coefficient (Wildman–Crippen LogP) is 4.08. The van der Waals surface area contributed by atoms with Crippen LogP contribution in [0.1, 0.15) is 54.6 Å². The molecule has 1 saturated carbocycles. The normalized spacial score (nSPS) is 13.9. The zero-order valence-corrected chi connectivity index (χ0v) is 17.7. The van der Waals surface area contributed by atoms with Gasteiger partial charge >= 0.3 is 0 Å². The molecular formula is C23H26ClN3O3. The zero-order valence-electron chi connectivity index (χ0n) is 16.9. The van der Waals surface area contributed by atoms with E-state index >= 15 is 0 Å². The lowest BCUT2D eigenvalue weighted by atomic mass is 10.1. The van der Waals surface area contributed by atoms with Crippen molar-refractivity contribution in [3.63, 3.8) is 0 Å². The first-order valence-corrected chi connectivity index (χ1v) is 10.5. The second-order valence-corrected chi connectivity index (χ2v) is 7.98. The molecule has 0 spiro atoms. The molecule has 1 unspecified atom stereocenters. The maximum atomic E-state index is 12.2. The van der Waals surface area contributed by atoms with E-state index in [-0.39, 0.29) is 29.7 Å². The van der Waals surface area contributed by atoms with Gasteiger partial charge in [-0.2, -0.15) is 0 Å². The van der Waals surface area contributed by atoms with E-state index in [0.29, 0.717) is 30.0 Å². The van der Waals surface area contributed by atoms with Crippen LogP contribution in [-0.2, 0) is 9.59 Å². The molecule has 3 rings (SSSR count). The van der Waals surface area contributed by atoms with E-state index in [4.69, 9.17) is 11.6 Å². The van der Waals surface area contributed by atoms with Gasteiger partial charge in [-0.15, -0.1) is 0 Å². The lowest BCUT2D eigenvalue weighted by molar-refractivity contribution is -0.121. The highest BCUT2D eigenvalue weighted by atomic mass is 35.5. The van der Waals surface area contributed by atoms with E-state index in [1.54, 1.807) is 24.3 Å². The van der Waals surface area contributed by atoms with Gasteiger partial charge in [-0.25, -0.2) is 0 Å². The molecule has 0 bridgehead atoms. The van der Waals surface area contributed by atoms with Crippen LogP contribution in [0, 0.1) is 5.92 Å². The summed E-state index contributed by atoms with van der Waals surface area (Å²) in [7, 11) is 0. The first-order chi connectivity index (χ1) is 14.4. The summed E-state index contributed by atoms with van der Waals surface area (Å²) in [4.78, 5) is 36.0. The summed E-state index contributed by atoms with van der Waals surface area (Å²) in [6, 6.07) is 14.0. The van der Waals surface area contributed by atoms with Gasteiger partial charge in [0.05, 0.1) is 6.04 Å². The fourth-order valence-electron chi connectivity index (χ4n) is 3.00. The summed E-state index contributed by atoms with van der Waals surface area (Å²) in [6.07, 6.45) is 2.81. The average molecular weight is 428 g/mol. The maximum Gasteiger partial charge on any atom is 0.251 e. The summed E-state index contributed by atoms with van der Waals surface area (Å²) in [5.74, 6) is -0.0187. The highest BCUT2D eigenvalue weighted by Crippen LogP contribution is 2.30. The van der Waals surface area contributed by atoms with Crippen LogP contribution in [0.2, 0.25) is 5.02 Å². The van der Waals surface area contributed by atoms with Crippen molar-refractivity contribution in [2.75, 3.05) is 11.9 Å². The molecule has 2 aromatic carbocycles. The van der Waals surface area contributed by atoms with Gasteiger partial charge in [-0.3, -0.25) is 14.4 Å². The van der Waals surface area contributed by atoms with Gasteiger partial charge in [0.1, 0.15) is 0 Å². The molecule has 0 radical (unpaired) electrons. The molecule has 1 aliphatic rings. The maximum absolute atomic E-state index is 12.2. The van der Waals surface area contributed by atoms with Crippen LogP contribution in [0.15, 0.2) is 48.5 Å². The quantitative estimate of drug-likeness (QED) is 0.527. The van der Waals surface area contributed by atoms with Crippen LogP contribution in [0.3, 0.4) is 0 Å². The minimum atomic E-state index is -0.186. The molecule has 1 fully saturated rings. The molecule has 0 aliphatic heterocycles. The lowest BCUT2D eigenvalue weighted by Gasteiger charge is -2.15. The third-order valence-electron chi connectivity index (χ3n) is 4.98. The topological polar surface area (TPSA) is 87.3 Å². The monoisotopic (exact) mass is 427 g/mol. The molecule has 1 atom stereocenters. The number of halogens is 1. The number of nitrogens with one attached hydrogen (secondary N) is 3. The molecule has 30 heavy (non-hydrogen) atoms. The first kappa shape index (κ1) is 21.8. The molecule has 1 aliphatic carbocycles. The second kappa shape index (κ2) is 10.3. The predicted molar refractivity (Wildman–Crippen MR) is 117 cm³/mol. The van der Waals surface area contributed by atoms with Crippen LogP contribution in [0.4, 0.5) is 5.69 Å². The number of rotatable bonds is 9. The Labute approximate surface area is 181 Å². The van der Waals surface area contributed by atoms with Crippen molar-refractivity contribution in [3.8, 4) is 0 Å². The SMILES string of the molecule is CC(NC(=O)CCCNC(=O)c1ccc(Cl)cc1)c1ccc(NC(=O)C2CC2)cc1. The fourth-order valence-corrected chi connectivity index (χ4v) is 3.12. The van der Waals surface area contributed by atoms with Crippen LogP contribution < -0.4 is 16.0 Å². The summed E-state index contributed by atoms with van der Waals surface area (Å²) in [5, 5.41) is 9.23. The second-order valence-electron chi connectivity index (χ2n) is 7.54. The Balaban J connectivity index is 1.36. The number of benzene rings is 2. The Morgan fingerprint density at radius 3 is 2.33 bits per heavy atom. The van der Waals surface area contributed by atoms with E-state index in [9.17, 15) is 14.4 Å². The zero-order chi connectivity index (χ0) is 21.5. The lowest BCUT2D eigenvalue weighted by Crippen LogP contribution is -2.29. The van der Waals surface area contributed by atoms with Gasteiger partial charge in [0.15, 0.2) is 0 Å². The standard InChI is InChI=1S/C23H26ClN3O3/c1-15(16-8-12-20(13-9-16)27-23(30)18-4-5-18)26-21(28)3-2-14-25-22(29)17-6-10-19(24)11-7-17/h6-13,15,18H,2-5,14H2,1H3,(H,25,29)(H,26,28)(H,27,30). The van der Waals surface area contributed by atoms with Gasteiger partial charge in [0.2, 0.25) is 11.8 Å². The van der Waals surface area contributed by atoms with Gasteiger partial charge in [0.25, 0.3) is 5.91 Å². The summed E-state index contributed by atoms with van der Waals surface area (Å²) in [5.41, 5.74) is 2.27. The van der Waals surface area contributed by atoms with Gasteiger partial charge in [-0.05, 0) is 68.1 Å². The van der Waals surface area contributed by atoms with Crippen molar-refractivity contribution >= 4 is 35.0 Å². The third kappa shape index (κ3) is 6.59. The molecule has 6 nitrogen and oxygen atoms in total.